The number of nitrogens with zero attached hydrogens (tertiary/aromatic N) is 5. The van der Waals surface area contributed by atoms with E-state index < -0.39 is 17.2 Å². The molecular weight excluding hydrogens is 362 g/mol. The average molecular weight is 381 g/mol. The Morgan fingerprint density at radius 2 is 1.82 bits per heavy atom. The van der Waals surface area contributed by atoms with Crippen LogP contribution in [0.4, 0.5) is 0 Å². The van der Waals surface area contributed by atoms with Gasteiger partial charge in [-0.05, 0) is 12.5 Å². The molecule has 144 valence electrons. The minimum atomic E-state index is -0.455. The van der Waals surface area contributed by atoms with Crippen molar-refractivity contribution in [2.75, 3.05) is 0 Å². The highest BCUT2D eigenvalue weighted by Crippen LogP contribution is 2.16. The molecule has 0 saturated heterocycles. The Morgan fingerprint density at radius 1 is 1.11 bits per heavy atom. The van der Waals surface area contributed by atoms with Gasteiger partial charge in [0.1, 0.15) is 13.2 Å². The van der Waals surface area contributed by atoms with Gasteiger partial charge in [0.15, 0.2) is 11.2 Å². The number of ether oxygens (including phenoxy) is 1. The first-order valence-electron chi connectivity index (χ1n) is 8.72. The predicted octanol–water partition coefficient (Wildman–Crippen LogP) is 0.738. The molecule has 0 aliphatic heterocycles. The van der Waals surface area contributed by atoms with E-state index in [9.17, 15) is 14.4 Å². The zero-order chi connectivity index (χ0) is 20.0. The van der Waals surface area contributed by atoms with E-state index in [-0.39, 0.29) is 18.8 Å². The molecule has 0 fully saturated rings. The van der Waals surface area contributed by atoms with E-state index >= 15 is 0 Å². The molecular formula is C19H19N5O4. The van der Waals surface area contributed by atoms with Crippen LogP contribution in [0.25, 0.3) is 16.9 Å². The van der Waals surface area contributed by atoms with Gasteiger partial charge in [-0.25, -0.2) is 4.79 Å². The van der Waals surface area contributed by atoms with Crippen molar-refractivity contribution in [1.82, 2.24) is 23.1 Å². The van der Waals surface area contributed by atoms with Crippen LogP contribution in [0.2, 0.25) is 0 Å². The van der Waals surface area contributed by atoms with E-state index in [0.29, 0.717) is 11.3 Å². The minimum absolute atomic E-state index is 0.0489. The van der Waals surface area contributed by atoms with Crippen LogP contribution in [0, 0.1) is 6.92 Å². The lowest BCUT2D eigenvalue weighted by Gasteiger charge is -2.07. The van der Waals surface area contributed by atoms with Gasteiger partial charge in [-0.2, -0.15) is 4.98 Å². The molecule has 4 aromatic rings. The third-order valence-electron chi connectivity index (χ3n) is 4.79. The molecule has 0 radical (unpaired) electrons. The van der Waals surface area contributed by atoms with Crippen LogP contribution in [0.15, 0.2) is 46.1 Å². The number of rotatable bonds is 4. The molecule has 3 aromatic heterocycles. The maximum Gasteiger partial charge on any atom is 0.332 e. The Hall–Kier alpha value is -3.62. The molecule has 0 aliphatic rings. The molecule has 0 amide bonds. The van der Waals surface area contributed by atoms with Gasteiger partial charge < -0.3 is 9.30 Å². The van der Waals surface area contributed by atoms with Gasteiger partial charge in [0, 0.05) is 26.0 Å². The SMILES string of the molecule is Cc1cn2c3c(=O)n(C)c(=O)n(C)c3nc2n1CC(=O)OCc1ccccc1. The molecule has 1 aromatic carbocycles. The number of esters is 1. The molecule has 0 N–H and O–H groups in total. The molecule has 9 heteroatoms. The van der Waals surface area contributed by atoms with Gasteiger partial charge in [-0.15, -0.1) is 0 Å². The summed E-state index contributed by atoms with van der Waals surface area (Å²) in [7, 11) is 2.98. The Bertz CT molecular complexity index is 1320. The van der Waals surface area contributed by atoms with Gasteiger partial charge >= 0.3 is 11.7 Å². The third kappa shape index (κ3) is 2.72. The van der Waals surface area contributed by atoms with Crippen LogP contribution in [0.1, 0.15) is 11.3 Å². The number of hydrogen-bond donors (Lipinski definition) is 0. The molecule has 0 saturated carbocycles. The normalized spacial score (nSPS) is 11.4. The highest BCUT2D eigenvalue weighted by Gasteiger charge is 2.20. The maximum absolute atomic E-state index is 12.6. The smallest absolute Gasteiger partial charge is 0.332 e. The fraction of sp³-hybridized carbons (Fsp3) is 0.263. The fourth-order valence-electron chi connectivity index (χ4n) is 3.24. The summed E-state index contributed by atoms with van der Waals surface area (Å²) >= 11 is 0. The Morgan fingerprint density at radius 3 is 2.54 bits per heavy atom. The first-order valence-corrected chi connectivity index (χ1v) is 8.72. The van der Waals surface area contributed by atoms with Crippen LogP contribution in [-0.4, -0.2) is 29.1 Å². The summed E-state index contributed by atoms with van der Waals surface area (Å²) in [6, 6.07) is 9.41. The predicted molar refractivity (Wildman–Crippen MR) is 102 cm³/mol. The maximum atomic E-state index is 12.6. The van der Waals surface area contributed by atoms with Crippen molar-refractivity contribution in [2.24, 2.45) is 14.1 Å². The van der Waals surface area contributed by atoms with E-state index in [0.717, 1.165) is 15.8 Å². The van der Waals surface area contributed by atoms with Crippen molar-refractivity contribution in [3.05, 3.63) is 68.6 Å². The lowest BCUT2D eigenvalue weighted by atomic mass is 10.2. The van der Waals surface area contributed by atoms with Crippen molar-refractivity contribution in [2.45, 2.75) is 20.1 Å². The van der Waals surface area contributed by atoms with Gasteiger partial charge in [0.05, 0.1) is 0 Å². The number of aryl methyl sites for hydroxylation is 2. The zero-order valence-corrected chi connectivity index (χ0v) is 15.7. The van der Waals surface area contributed by atoms with Crippen molar-refractivity contribution < 1.29 is 9.53 Å². The summed E-state index contributed by atoms with van der Waals surface area (Å²) in [6.07, 6.45) is 1.72. The number of fused-ring (bicyclic) bond motifs is 3. The Balaban J connectivity index is 1.72. The highest BCUT2D eigenvalue weighted by molar-refractivity contribution is 5.77. The number of aromatic nitrogens is 5. The van der Waals surface area contributed by atoms with Crippen LogP contribution >= 0.6 is 0 Å². The second-order valence-electron chi connectivity index (χ2n) is 6.66. The van der Waals surface area contributed by atoms with Crippen molar-refractivity contribution in [3.8, 4) is 0 Å². The summed E-state index contributed by atoms with van der Waals surface area (Å²) in [5.41, 5.74) is 1.32. The molecule has 0 aliphatic carbocycles. The Kier molecular flexibility index (Phi) is 4.14. The summed E-state index contributed by atoms with van der Waals surface area (Å²) in [4.78, 5) is 41.5. The minimum Gasteiger partial charge on any atom is -0.459 e. The molecule has 0 bridgehead atoms. The quantitative estimate of drug-likeness (QED) is 0.486. The van der Waals surface area contributed by atoms with Crippen molar-refractivity contribution >= 4 is 22.9 Å². The number of benzene rings is 1. The molecule has 0 atom stereocenters. The molecule has 28 heavy (non-hydrogen) atoms. The van der Waals surface area contributed by atoms with Crippen molar-refractivity contribution in [1.29, 1.82) is 0 Å². The average Bonchev–Trinajstić information content (AvgIpc) is 3.20. The third-order valence-corrected chi connectivity index (χ3v) is 4.79. The topological polar surface area (TPSA) is 92.5 Å². The van der Waals surface area contributed by atoms with Gasteiger partial charge in [-0.3, -0.25) is 23.1 Å². The second-order valence-corrected chi connectivity index (χ2v) is 6.66. The van der Waals surface area contributed by atoms with E-state index in [1.807, 2.05) is 37.3 Å². The van der Waals surface area contributed by atoms with Crippen LogP contribution in [-0.2, 0) is 36.8 Å². The number of hydrogen-bond acceptors (Lipinski definition) is 5. The van der Waals surface area contributed by atoms with E-state index in [1.165, 1.54) is 11.6 Å². The van der Waals surface area contributed by atoms with E-state index in [1.54, 1.807) is 22.2 Å². The standard InChI is InChI=1S/C19H19N5O4/c1-12-9-24-15-16(21(2)19(27)22(3)17(15)26)20-18(24)23(12)10-14(25)28-11-13-7-5-4-6-8-13/h4-9H,10-11H2,1-3H3. The fourth-order valence-corrected chi connectivity index (χ4v) is 3.24. The van der Waals surface area contributed by atoms with Crippen LogP contribution in [0.3, 0.4) is 0 Å². The lowest BCUT2D eigenvalue weighted by Crippen LogP contribution is -2.37. The number of carbonyl (C=O) groups excluding carboxylic acids is 1. The summed E-state index contributed by atoms with van der Waals surface area (Å²) < 4.78 is 11.0. The zero-order valence-electron chi connectivity index (χ0n) is 15.7. The first-order chi connectivity index (χ1) is 13.4. The van der Waals surface area contributed by atoms with E-state index in [4.69, 9.17) is 4.74 Å². The monoisotopic (exact) mass is 381 g/mol. The Labute approximate surface area is 159 Å². The van der Waals surface area contributed by atoms with Gasteiger partial charge in [0.25, 0.3) is 5.56 Å². The van der Waals surface area contributed by atoms with Gasteiger partial charge in [0.2, 0.25) is 5.78 Å². The van der Waals surface area contributed by atoms with Gasteiger partial charge in [-0.1, -0.05) is 30.3 Å². The summed E-state index contributed by atoms with van der Waals surface area (Å²) in [5.74, 6) is -0.0126. The van der Waals surface area contributed by atoms with Crippen LogP contribution < -0.4 is 11.2 Å². The second kappa shape index (κ2) is 6.52. The van der Waals surface area contributed by atoms with E-state index in [2.05, 4.69) is 4.98 Å². The molecule has 0 unspecified atom stereocenters. The largest absolute Gasteiger partial charge is 0.459 e. The molecule has 9 nitrogen and oxygen atoms in total. The summed E-state index contributed by atoms with van der Waals surface area (Å²) in [6.45, 7) is 1.95. The lowest BCUT2D eigenvalue weighted by molar-refractivity contribution is -0.145. The first kappa shape index (κ1) is 17.8. The number of carbonyl (C=O) groups is 1. The highest BCUT2D eigenvalue weighted by atomic mass is 16.5. The molecule has 3 heterocycles. The molecule has 4 rings (SSSR count). The summed E-state index contributed by atoms with van der Waals surface area (Å²) in [5, 5.41) is 0. The van der Waals surface area contributed by atoms with Crippen molar-refractivity contribution in [3.63, 3.8) is 0 Å². The van der Waals surface area contributed by atoms with Crippen LogP contribution in [0.5, 0.6) is 0 Å². The molecule has 0 spiro atoms. The number of imidazole rings is 2.